The van der Waals surface area contributed by atoms with Gasteiger partial charge in [0.25, 0.3) is 0 Å². The van der Waals surface area contributed by atoms with Crippen molar-refractivity contribution in [2.24, 2.45) is 0 Å². The fraction of sp³-hybridized carbons (Fsp3) is 0.889. The fourth-order valence-corrected chi connectivity index (χ4v) is 7.18. The van der Waals surface area contributed by atoms with Gasteiger partial charge in [-0.15, -0.1) is 0 Å². The van der Waals surface area contributed by atoms with Crippen LogP contribution in [0.5, 0.6) is 0 Å². The van der Waals surface area contributed by atoms with E-state index in [9.17, 15) is 19.4 Å². The van der Waals surface area contributed by atoms with E-state index in [0.29, 0.717) is 6.61 Å². The van der Waals surface area contributed by atoms with E-state index in [-0.39, 0.29) is 25.6 Å². The Morgan fingerprint density at radius 3 is 1.47 bits per heavy atom. The van der Waals surface area contributed by atoms with Crippen LogP contribution in [0.1, 0.15) is 213 Å². The second-order valence-electron chi connectivity index (χ2n) is 15.4. The van der Waals surface area contributed by atoms with E-state index in [4.69, 9.17) is 23.6 Å². The van der Waals surface area contributed by atoms with Gasteiger partial charge in [0.05, 0.1) is 26.4 Å². The molecule has 3 atom stereocenters. The summed E-state index contributed by atoms with van der Waals surface area (Å²) in [6, 6.07) is 0. The standard InChI is InChI=1S/C45H87O9P/c1-3-5-7-9-11-13-15-17-19-20-21-22-24-26-28-30-32-34-36-38-51-41-44(42-53-55(49,50)52-40-43(47)39-46)54-45(48)37-35-33-31-29-27-25-23-18-16-14-12-10-8-6-4-2/h13,15,19-20,43-44,46-47H,3-12,14,16-18,21-42H2,1-2H3,(H,49,50)/b15-13-,20-19-. The van der Waals surface area contributed by atoms with Crippen molar-refractivity contribution >= 4 is 13.8 Å². The van der Waals surface area contributed by atoms with Gasteiger partial charge in [0.2, 0.25) is 0 Å². The molecule has 0 spiro atoms. The molecule has 0 saturated carbocycles. The van der Waals surface area contributed by atoms with Crippen molar-refractivity contribution in [3.63, 3.8) is 0 Å². The van der Waals surface area contributed by atoms with Crippen molar-refractivity contribution in [2.45, 2.75) is 225 Å². The van der Waals surface area contributed by atoms with E-state index in [1.54, 1.807) is 0 Å². The maximum atomic E-state index is 12.6. The molecule has 326 valence electrons. The molecule has 0 aliphatic rings. The normalized spacial score (nSPS) is 14.2. The zero-order valence-corrected chi connectivity index (χ0v) is 36.6. The minimum atomic E-state index is -4.52. The van der Waals surface area contributed by atoms with Crippen LogP contribution >= 0.6 is 7.82 Å². The van der Waals surface area contributed by atoms with Crippen LogP contribution in [0.4, 0.5) is 0 Å². The van der Waals surface area contributed by atoms with E-state index < -0.39 is 33.2 Å². The average molecular weight is 803 g/mol. The second kappa shape index (κ2) is 42.5. The highest BCUT2D eigenvalue weighted by molar-refractivity contribution is 7.47. The maximum Gasteiger partial charge on any atom is 0.472 e. The molecule has 9 nitrogen and oxygen atoms in total. The largest absolute Gasteiger partial charge is 0.472 e. The number of aliphatic hydroxyl groups excluding tert-OH is 2. The van der Waals surface area contributed by atoms with Gasteiger partial charge in [-0.25, -0.2) is 4.57 Å². The Labute approximate surface area is 338 Å². The summed E-state index contributed by atoms with van der Waals surface area (Å²) in [6.45, 7) is 3.52. The molecule has 3 unspecified atom stereocenters. The zero-order valence-electron chi connectivity index (χ0n) is 35.7. The summed E-state index contributed by atoms with van der Waals surface area (Å²) in [5.74, 6) is -0.382. The summed E-state index contributed by atoms with van der Waals surface area (Å²) in [6.07, 6.45) is 44.2. The van der Waals surface area contributed by atoms with Crippen LogP contribution in [0, 0.1) is 0 Å². The highest BCUT2D eigenvalue weighted by Gasteiger charge is 2.26. The van der Waals surface area contributed by atoms with Gasteiger partial charge in [0.15, 0.2) is 0 Å². The average Bonchev–Trinajstić information content (AvgIpc) is 3.18. The van der Waals surface area contributed by atoms with Crippen molar-refractivity contribution in [2.75, 3.05) is 33.0 Å². The van der Waals surface area contributed by atoms with Crippen LogP contribution in [0.3, 0.4) is 0 Å². The van der Waals surface area contributed by atoms with Crippen molar-refractivity contribution in [3.8, 4) is 0 Å². The summed E-state index contributed by atoms with van der Waals surface area (Å²) in [5.41, 5.74) is 0. The molecule has 10 heteroatoms. The molecule has 0 aliphatic carbocycles. The fourth-order valence-electron chi connectivity index (χ4n) is 6.39. The van der Waals surface area contributed by atoms with Crippen molar-refractivity contribution < 1.29 is 43.0 Å². The number of esters is 1. The Morgan fingerprint density at radius 2 is 0.982 bits per heavy atom. The topological polar surface area (TPSA) is 132 Å². The number of allylic oxidation sites excluding steroid dienone is 4. The number of phosphoric acid groups is 1. The second-order valence-corrected chi connectivity index (χ2v) is 16.9. The van der Waals surface area contributed by atoms with E-state index in [1.165, 1.54) is 141 Å². The van der Waals surface area contributed by atoms with E-state index in [0.717, 1.165) is 51.4 Å². The Morgan fingerprint density at radius 1 is 0.564 bits per heavy atom. The van der Waals surface area contributed by atoms with Gasteiger partial charge in [-0.05, 0) is 44.9 Å². The van der Waals surface area contributed by atoms with Gasteiger partial charge in [-0.1, -0.05) is 186 Å². The lowest BCUT2D eigenvalue weighted by Gasteiger charge is -2.20. The van der Waals surface area contributed by atoms with E-state index in [2.05, 4.69) is 38.2 Å². The quantitative estimate of drug-likeness (QED) is 0.0238. The lowest BCUT2D eigenvalue weighted by molar-refractivity contribution is -0.154. The first-order valence-corrected chi connectivity index (χ1v) is 24.3. The first-order chi connectivity index (χ1) is 26.8. The highest BCUT2D eigenvalue weighted by atomic mass is 31.2. The Hall–Kier alpha value is -1.06. The van der Waals surface area contributed by atoms with Crippen LogP contribution in [-0.4, -0.2) is 66.3 Å². The lowest BCUT2D eigenvalue weighted by Crippen LogP contribution is -2.29. The van der Waals surface area contributed by atoms with Gasteiger partial charge < -0.3 is 24.6 Å². The van der Waals surface area contributed by atoms with Gasteiger partial charge in [-0.2, -0.15) is 0 Å². The molecule has 0 aromatic carbocycles. The predicted molar refractivity (Wildman–Crippen MR) is 228 cm³/mol. The van der Waals surface area contributed by atoms with Gasteiger partial charge in [-0.3, -0.25) is 13.8 Å². The highest BCUT2D eigenvalue weighted by Crippen LogP contribution is 2.43. The van der Waals surface area contributed by atoms with Crippen molar-refractivity contribution in [1.82, 2.24) is 0 Å². The molecule has 0 amide bonds. The molecule has 0 fully saturated rings. The number of aliphatic hydroxyl groups is 2. The number of hydrogen-bond acceptors (Lipinski definition) is 8. The monoisotopic (exact) mass is 803 g/mol. The van der Waals surface area contributed by atoms with E-state index in [1.807, 2.05) is 0 Å². The molecule has 0 aromatic rings. The Balaban J connectivity index is 4.12. The molecule has 3 N–H and O–H groups in total. The molecule has 0 bridgehead atoms. The van der Waals surface area contributed by atoms with E-state index >= 15 is 0 Å². The number of unbranched alkanes of at least 4 members (excludes halogenated alkanes) is 26. The number of phosphoric ester groups is 1. The number of hydrogen-bond donors (Lipinski definition) is 3. The van der Waals surface area contributed by atoms with Crippen LogP contribution in [0.2, 0.25) is 0 Å². The van der Waals surface area contributed by atoms with Gasteiger partial charge in [0, 0.05) is 13.0 Å². The van der Waals surface area contributed by atoms with Crippen LogP contribution in [0.15, 0.2) is 24.3 Å². The minimum Gasteiger partial charge on any atom is -0.457 e. The Kier molecular flexibility index (Phi) is 41.7. The molecule has 0 saturated heterocycles. The number of ether oxygens (including phenoxy) is 2. The number of rotatable bonds is 44. The van der Waals surface area contributed by atoms with Crippen molar-refractivity contribution in [3.05, 3.63) is 24.3 Å². The number of carbonyl (C=O) groups is 1. The molecule has 0 rings (SSSR count). The lowest BCUT2D eigenvalue weighted by atomic mass is 10.0. The van der Waals surface area contributed by atoms with Crippen molar-refractivity contribution in [1.29, 1.82) is 0 Å². The summed E-state index contributed by atoms with van der Waals surface area (Å²) in [7, 11) is -4.52. The minimum absolute atomic E-state index is 0.0492. The maximum absolute atomic E-state index is 12.6. The van der Waals surface area contributed by atoms with Crippen LogP contribution < -0.4 is 0 Å². The third-order valence-corrected chi connectivity index (χ3v) is 10.8. The summed E-state index contributed by atoms with van der Waals surface area (Å²) >= 11 is 0. The summed E-state index contributed by atoms with van der Waals surface area (Å²) in [4.78, 5) is 22.6. The summed E-state index contributed by atoms with van der Waals surface area (Å²) in [5, 5.41) is 18.4. The molecular weight excluding hydrogens is 715 g/mol. The van der Waals surface area contributed by atoms with Gasteiger partial charge >= 0.3 is 13.8 Å². The first kappa shape index (κ1) is 53.9. The SMILES string of the molecule is CCCCCC/C=C\C/C=C\CCCCCCCCCCOCC(COP(=O)(O)OCC(O)CO)OC(=O)CCCCCCCCCCCCCCCCC. The third-order valence-electron chi connectivity index (χ3n) is 9.89. The first-order valence-electron chi connectivity index (χ1n) is 22.8. The molecule has 55 heavy (non-hydrogen) atoms. The predicted octanol–water partition coefficient (Wildman–Crippen LogP) is 12.6. The Bertz CT molecular complexity index is 913. The third kappa shape index (κ3) is 42.4. The molecule has 0 aliphatic heterocycles. The summed E-state index contributed by atoms with van der Waals surface area (Å²) < 4.78 is 33.4. The van der Waals surface area contributed by atoms with Crippen LogP contribution in [0.25, 0.3) is 0 Å². The zero-order chi connectivity index (χ0) is 40.3. The molecule has 0 radical (unpaired) electrons. The molecular formula is C45H87O9P. The smallest absolute Gasteiger partial charge is 0.457 e. The molecule has 0 heterocycles. The number of carbonyl (C=O) groups excluding carboxylic acids is 1. The van der Waals surface area contributed by atoms with Gasteiger partial charge in [0.1, 0.15) is 12.2 Å². The molecule has 0 aromatic heterocycles. The van der Waals surface area contributed by atoms with Crippen LogP contribution in [-0.2, 0) is 27.9 Å².